The van der Waals surface area contributed by atoms with Crippen LogP contribution in [0.3, 0.4) is 0 Å². The van der Waals surface area contributed by atoms with Crippen molar-refractivity contribution in [1.29, 1.82) is 0 Å². The van der Waals surface area contributed by atoms with E-state index in [0.717, 1.165) is 78.0 Å². The van der Waals surface area contributed by atoms with Crippen molar-refractivity contribution >= 4 is 55.0 Å². The van der Waals surface area contributed by atoms with Crippen molar-refractivity contribution in [3.05, 3.63) is 223 Å². The Morgan fingerprint density at radius 3 is 1.75 bits per heavy atom. The van der Waals surface area contributed by atoms with Crippen LogP contribution in [0.5, 0.6) is 0 Å². The second kappa shape index (κ2) is 13.6. The molecular weight excluding hydrogens is 693 g/mol. The molecule has 1 aliphatic heterocycles. The monoisotopic (exact) mass is 728 g/mol. The number of aliphatic imine (C=N–C) groups is 1. The fourth-order valence-electron chi connectivity index (χ4n) is 8.47. The molecule has 0 saturated heterocycles. The number of aromatic nitrogens is 2. The first-order valence-electron chi connectivity index (χ1n) is 19.4. The lowest BCUT2D eigenvalue weighted by atomic mass is 9.93. The van der Waals surface area contributed by atoms with E-state index in [4.69, 9.17) is 9.98 Å². The van der Waals surface area contributed by atoms with Gasteiger partial charge in [0.2, 0.25) is 0 Å². The minimum Gasteiger partial charge on any atom is -0.359 e. The van der Waals surface area contributed by atoms with E-state index in [9.17, 15) is 0 Å². The van der Waals surface area contributed by atoms with Gasteiger partial charge in [0.05, 0.1) is 34.0 Å². The van der Waals surface area contributed by atoms with E-state index < -0.39 is 0 Å². The van der Waals surface area contributed by atoms with Crippen molar-refractivity contribution < 1.29 is 0 Å². The molecule has 0 saturated carbocycles. The number of nitrogens with zero attached hydrogens (tertiary/aromatic N) is 3. The summed E-state index contributed by atoms with van der Waals surface area (Å²) >= 11 is 0. The first-order chi connectivity index (χ1) is 28.2. The first-order valence-corrected chi connectivity index (χ1v) is 19.4. The molecule has 0 bridgehead atoms. The van der Waals surface area contributed by atoms with Crippen LogP contribution in [0.4, 0.5) is 0 Å². The Labute approximate surface area is 330 Å². The number of nitrogens with one attached hydrogen (secondary N) is 1. The van der Waals surface area contributed by atoms with Gasteiger partial charge < -0.3 is 9.88 Å². The summed E-state index contributed by atoms with van der Waals surface area (Å²) in [6, 6.07) is 71.0. The normalized spacial score (nSPS) is 14.1. The standard InChI is InChI=1S/C53H36N4/c1-4-14-35(15-5-1)45-33-47(37-16-6-2-7-17-37)54-46-31-28-36-24-25-40(32-44(36)52(45)46)53-55-48(38-18-8-3-9-19-38)34-49(56-53)39-26-29-41(30-27-39)57-50-22-12-10-20-42(50)43-21-11-13-23-51(43)57/h1-34,49H,(H,55,56). The molecule has 0 aliphatic carbocycles. The lowest BCUT2D eigenvalue weighted by Crippen LogP contribution is -2.31. The highest BCUT2D eigenvalue weighted by atomic mass is 15.0. The average Bonchev–Trinajstić information content (AvgIpc) is 3.63. The number of hydrogen-bond donors (Lipinski definition) is 1. The van der Waals surface area contributed by atoms with E-state index in [1.807, 2.05) is 6.07 Å². The van der Waals surface area contributed by atoms with Crippen LogP contribution < -0.4 is 5.32 Å². The zero-order valence-electron chi connectivity index (χ0n) is 31.0. The van der Waals surface area contributed by atoms with E-state index in [1.165, 1.54) is 21.8 Å². The summed E-state index contributed by atoms with van der Waals surface area (Å²) in [7, 11) is 0. The summed E-state index contributed by atoms with van der Waals surface area (Å²) < 4.78 is 2.36. The minimum atomic E-state index is -0.0990. The van der Waals surface area contributed by atoms with E-state index in [-0.39, 0.29) is 6.04 Å². The summed E-state index contributed by atoms with van der Waals surface area (Å²) in [4.78, 5) is 10.5. The third-order valence-corrected chi connectivity index (χ3v) is 11.2. The van der Waals surface area contributed by atoms with Gasteiger partial charge in [0.1, 0.15) is 5.84 Å². The molecule has 0 fully saturated rings. The number of pyridine rings is 1. The van der Waals surface area contributed by atoms with Crippen LogP contribution in [0.25, 0.3) is 77.2 Å². The number of para-hydroxylation sites is 2. The molecule has 0 spiro atoms. The van der Waals surface area contributed by atoms with Crippen LogP contribution in [0.1, 0.15) is 22.7 Å². The maximum atomic E-state index is 5.29. The molecule has 11 rings (SSSR count). The topological polar surface area (TPSA) is 42.2 Å². The second-order valence-electron chi connectivity index (χ2n) is 14.6. The number of hydrogen-bond acceptors (Lipinski definition) is 3. The highest BCUT2D eigenvalue weighted by Crippen LogP contribution is 2.38. The van der Waals surface area contributed by atoms with Crippen LogP contribution in [-0.2, 0) is 0 Å². The molecular formula is C53H36N4. The molecule has 3 heterocycles. The van der Waals surface area contributed by atoms with E-state index in [0.29, 0.717) is 0 Å². The first kappa shape index (κ1) is 32.8. The predicted molar refractivity (Wildman–Crippen MR) is 238 cm³/mol. The van der Waals surface area contributed by atoms with Crippen LogP contribution >= 0.6 is 0 Å². The van der Waals surface area contributed by atoms with Crippen molar-refractivity contribution in [3.8, 4) is 28.1 Å². The van der Waals surface area contributed by atoms with E-state index in [2.05, 4.69) is 210 Å². The summed E-state index contributed by atoms with van der Waals surface area (Å²) in [5.74, 6) is 0.835. The average molecular weight is 729 g/mol. The second-order valence-corrected chi connectivity index (χ2v) is 14.6. The van der Waals surface area contributed by atoms with Gasteiger partial charge in [-0.15, -0.1) is 0 Å². The van der Waals surface area contributed by atoms with Crippen molar-refractivity contribution in [2.45, 2.75) is 6.04 Å². The summed E-state index contributed by atoms with van der Waals surface area (Å²) in [6.45, 7) is 0. The van der Waals surface area contributed by atoms with Crippen LogP contribution in [0.15, 0.2) is 211 Å². The fraction of sp³-hybridized carbons (Fsp3) is 0.0189. The van der Waals surface area contributed by atoms with E-state index >= 15 is 0 Å². The number of rotatable bonds is 6. The molecule has 57 heavy (non-hydrogen) atoms. The zero-order chi connectivity index (χ0) is 37.7. The molecule has 1 aliphatic rings. The summed E-state index contributed by atoms with van der Waals surface area (Å²) in [6.07, 6.45) is 2.24. The third kappa shape index (κ3) is 5.78. The molecule has 1 atom stereocenters. The van der Waals surface area contributed by atoms with Crippen LogP contribution in [0, 0.1) is 0 Å². The van der Waals surface area contributed by atoms with Crippen molar-refractivity contribution in [2.75, 3.05) is 0 Å². The van der Waals surface area contributed by atoms with Gasteiger partial charge in [-0.3, -0.25) is 0 Å². The third-order valence-electron chi connectivity index (χ3n) is 11.2. The lowest BCUT2D eigenvalue weighted by Gasteiger charge is -2.25. The predicted octanol–water partition coefficient (Wildman–Crippen LogP) is 13.0. The Kier molecular flexibility index (Phi) is 7.85. The molecule has 4 heteroatoms. The number of benzene rings is 8. The quantitative estimate of drug-likeness (QED) is 0.173. The smallest absolute Gasteiger partial charge is 0.134 e. The van der Waals surface area contributed by atoms with Gasteiger partial charge in [0.25, 0.3) is 0 Å². The fourth-order valence-corrected chi connectivity index (χ4v) is 8.47. The van der Waals surface area contributed by atoms with Crippen molar-refractivity contribution in [2.24, 2.45) is 4.99 Å². The summed E-state index contributed by atoms with van der Waals surface area (Å²) in [5.41, 5.74) is 13.1. The highest BCUT2D eigenvalue weighted by Gasteiger charge is 2.22. The van der Waals surface area contributed by atoms with Gasteiger partial charge in [-0.2, -0.15) is 0 Å². The maximum absolute atomic E-state index is 5.29. The number of fused-ring (bicyclic) bond motifs is 6. The Bertz CT molecular complexity index is 3130. The van der Waals surface area contributed by atoms with Crippen LogP contribution in [-0.4, -0.2) is 15.4 Å². The van der Waals surface area contributed by atoms with Gasteiger partial charge in [-0.1, -0.05) is 158 Å². The summed E-state index contributed by atoms with van der Waals surface area (Å²) in [5, 5.41) is 9.79. The highest BCUT2D eigenvalue weighted by molar-refractivity contribution is 6.16. The molecule has 1 N–H and O–H groups in total. The van der Waals surface area contributed by atoms with Gasteiger partial charge in [0, 0.05) is 33.0 Å². The molecule has 268 valence electrons. The zero-order valence-corrected chi connectivity index (χ0v) is 31.0. The Balaban J connectivity index is 1.03. The molecule has 1 unspecified atom stereocenters. The lowest BCUT2D eigenvalue weighted by molar-refractivity contribution is 0.780. The van der Waals surface area contributed by atoms with Crippen LogP contribution in [0.2, 0.25) is 0 Å². The van der Waals surface area contributed by atoms with Gasteiger partial charge in [0.15, 0.2) is 0 Å². The minimum absolute atomic E-state index is 0.0990. The van der Waals surface area contributed by atoms with Gasteiger partial charge >= 0.3 is 0 Å². The molecule has 10 aromatic rings. The van der Waals surface area contributed by atoms with Crippen molar-refractivity contribution in [3.63, 3.8) is 0 Å². The van der Waals surface area contributed by atoms with Gasteiger partial charge in [-0.25, -0.2) is 9.98 Å². The SMILES string of the molecule is C1=C(c2ccccc2)N=C(c2ccc3ccc4nc(-c5ccccc5)cc(-c5ccccc5)c4c3c2)NC1c1ccc(-n2c3ccccc3c3ccccc32)cc1. The van der Waals surface area contributed by atoms with Gasteiger partial charge in [-0.05, 0) is 81.6 Å². The molecule has 0 amide bonds. The molecule has 0 radical (unpaired) electrons. The maximum Gasteiger partial charge on any atom is 0.134 e. The number of amidine groups is 1. The largest absolute Gasteiger partial charge is 0.359 e. The molecule has 4 nitrogen and oxygen atoms in total. The Morgan fingerprint density at radius 1 is 0.474 bits per heavy atom. The molecule has 2 aromatic heterocycles. The Morgan fingerprint density at radius 2 is 1.07 bits per heavy atom. The Hall–Kier alpha value is -7.56. The van der Waals surface area contributed by atoms with E-state index in [1.54, 1.807) is 0 Å². The van der Waals surface area contributed by atoms with Crippen molar-refractivity contribution in [1.82, 2.24) is 14.9 Å². The molecule has 8 aromatic carbocycles.